The molecule has 0 aliphatic carbocycles. The van der Waals surface area contributed by atoms with Crippen LogP contribution in [0.25, 0.3) is 0 Å². The summed E-state index contributed by atoms with van der Waals surface area (Å²) in [6, 6.07) is 3.49. The zero-order valence-electron chi connectivity index (χ0n) is 10.2. The minimum absolute atomic E-state index is 0.0696. The van der Waals surface area contributed by atoms with Gasteiger partial charge in [0.05, 0.1) is 15.0 Å². The van der Waals surface area contributed by atoms with Gasteiger partial charge in [0.2, 0.25) is 5.13 Å². The molecule has 19 heavy (non-hydrogen) atoms. The van der Waals surface area contributed by atoms with Crippen LogP contribution in [-0.2, 0) is 0 Å². The van der Waals surface area contributed by atoms with Gasteiger partial charge >= 0.3 is 0 Å². The van der Waals surface area contributed by atoms with E-state index in [1.165, 1.54) is 34.4 Å². The maximum absolute atomic E-state index is 11.9. The number of ketones is 1. The number of nitrogens with one attached hydrogen (secondary N) is 1. The maximum Gasteiger partial charge on any atom is 0.206 e. The number of carbonyl (C=O) groups excluding carboxylic acids is 1. The highest BCUT2D eigenvalue weighted by Crippen LogP contribution is 2.28. The van der Waals surface area contributed by atoms with Gasteiger partial charge in [0.15, 0.2) is 10.1 Å². The number of thioether (sulfide) groups is 1. The van der Waals surface area contributed by atoms with Crippen molar-refractivity contribution in [3.63, 3.8) is 0 Å². The topological polar surface area (TPSA) is 54.9 Å². The quantitative estimate of drug-likeness (QED) is 0.612. The molecule has 0 fully saturated rings. The van der Waals surface area contributed by atoms with Crippen LogP contribution in [0.5, 0.6) is 0 Å². The van der Waals surface area contributed by atoms with Crippen molar-refractivity contribution in [1.82, 2.24) is 10.2 Å². The molecule has 2 heterocycles. The summed E-state index contributed by atoms with van der Waals surface area (Å²) in [6.45, 7) is 2.97. The molecule has 0 amide bonds. The summed E-state index contributed by atoms with van der Waals surface area (Å²) in [7, 11) is 0. The normalized spacial score (nSPS) is 10.6. The van der Waals surface area contributed by atoms with Gasteiger partial charge in [-0.15, -0.1) is 21.5 Å². The number of anilines is 1. The molecule has 0 aliphatic rings. The molecule has 2 rings (SSSR count). The van der Waals surface area contributed by atoms with Crippen LogP contribution in [0, 0.1) is 0 Å². The molecule has 0 unspecified atom stereocenters. The summed E-state index contributed by atoms with van der Waals surface area (Å²) in [4.78, 5) is 12.6. The lowest BCUT2D eigenvalue weighted by atomic mass is 10.4. The Kier molecular flexibility index (Phi) is 5.62. The predicted octanol–water partition coefficient (Wildman–Crippen LogP) is 4.05. The number of hydrogen-bond acceptors (Lipinski definition) is 7. The Bertz CT molecular complexity index is 555. The summed E-state index contributed by atoms with van der Waals surface area (Å²) in [5.41, 5.74) is 0. The first-order valence-corrected chi connectivity index (χ1v) is 8.67. The minimum Gasteiger partial charge on any atom is -0.360 e. The zero-order valence-corrected chi connectivity index (χ0v) is 13.4. The van der Waals surface area contributed by atoms with Gasteiger partial charge in [-0.1, -0.05) is 41.6 Å². The number of nitrogens with zero attached hydrogens (tertiary/aromatic N) is 2. The van der Waals surface area contributed by atoms with Crippen LogP contribution < -0.4 is 5.32 Å². The Labute approximate surface area is 128 Å². The Balaban J connectivity index is 1.85. The Morgan fingerprint density at radius 2 is 2.26 bits per heavy atom. The third-order valence-electron chi connectivity index (χ3n) is 2.11. The van der Waals surface area contributed by atoms with E-state index in [9.17, 15) is 4.79 Å². The van der Waals surface area contributed by atoms with Crippen LogP contribution in [-0.4, -0.2) is 28.3 Å². The van der Waals surface area contributed by atoms with Crippen LogP contribution in [0.1, 0.15) is 23.0 Å². The molecular weight excluding hydrogens is 322 g/mol. The third kappa shape index (κ3) is 4.45. The van der Waals surface area contributed by atoms with Crippen molar-refractivity contribution < 1.29 is 4.79 Å². The minimum atomic E-state index is 0.0696. The summed E-state index contributed by atoms with van der Waals surface area (Å²) in [5, 5.41) is 12.0. The van der Waals surface area contributed by atoms with Crippen molar-refractivity contribution in [2.75, 3.05) is 17.6 Å². The molecule has 2 aromatic rings. The highest BCUT2D eigenvalue weighted by Gasteiger charge is 2.11. The van der Waals surface area contributed by atoms with E-state index in [2.05, 4.69) is 22.4 Å². The van der Waals surface area contributed by atoms with Gasteiger partial charge in [-0.05, 0) is 18.6 Å². The van der Waals surface area contributed by atoms with Gasteiger partial charge in [-0.2, -0.15) is 0 Å². The molecule has 102 valence electrons. The molecule has 0 aliphatic heterocycles. The van der Waals surface area contributed by atoms with Crippen molar-refractivity contribution in [2.45, 2.75) is 17.7 Å². The number of carbonyl (C=O) groups is 1. The Morgan fingerprint density at radius 1 is 1.42 bits per heavy atom. The number of Topliss-reactive ketones (excluding diaryl/α,β-unsaturated/α-hetero) is 1. The van der Waals surface area contributed by atoms with Crippen LogP contribution in [0.2, 0.25) is 4.34 Å². The van der Waals surface area contributed by atoms with Gasteiger partial charge < -0.3 is 5.32 Å². The molecule has 2 aromatic heterocycles. The second-order valence-corrected chi connectivity index (χ2v) is 7.53. The number of hydrogen-bond donors (Lipinski definition) is 1. The van der Waals surface area contributed by atoms with E-state index < -0.39 is 0 Å². The van der Waals surface area contributed by atoms with Gasteiger partial charge in [0.25, 0.3) is 0 Å². The third-order valence-corrected chi connectivity index (χ3v) is 5.39. The fraction of sp³-hybridized carbons (Fsp3) is 0.364. The molecule has 0 bridgehead atoms. The number of aromatic nitrogens is 2. The lowest BCUT2D eigenvalue weighted by molar-refractivity contribution is 0.102. The van der Waals surface area contributed by atoms with Crippen molar-refractivity contribution >= 4 is 57.0 Å². The van der Waals surface area contributed by atoms with E-state index in [4.69, 9.17) is 11.6 Å². The molecule has 1 N–H and O–H groups in total. The van der Waals surface area contributed by atoms with Gasteiger partial charge in [0.1, 0.15) is 0 Å². The standard InChI is InChI=1S/C11H12ClN3OS3/c1-2-5-13-10-14-15-11(19-10)17-6-7(16)8-3-4-9(12)18-8/h3-4H,2,5-6H2,1H3,(H,13,14). The predicted molar refractivity (Wildman–Crippen MR) is 83.1 cm³/mol. The monoisotopic (exact) mass is 333 g/mol. The molecule has 0 radical (unpaired) electrons. The summed E-state index contributed by atoms with van der Waals surface area (Å²) >= 11 is 9.99. The molecule has 0 spiro atoms. The molecular formula is C11H12ClN3OS3. The van der Waals surface area contributed by atoms with E-state index in [-0.39, 0.29) is 5.78 Å². The van der Waals surface area contributed by atoms with Crippen molar-refractivity contribution in [2.24, 2.45) is 0 Å². The highest BCUT2D eigenvalue weighted by atomic mass is 35.5. The molecule has 0 saturated carbocycles. The fourth-order valence-electron chi connectivity index (χ4n) is 1.23. The molecule has 4 nitrogen and oxygen atoms in total. The Hall–Kier alpha value is -0.630. The van der Waals surface area contributed by atoms with Gasteiger partial charge in [-0.3, -0.25) is 4.79 Å². The first-order valence-electron chi connectivity index (χ1n) is 5.67. The lowest BCUT2D eigenvalue weighted by Crippen LogP contribution is -1.98. The second-order valence-electron chi connectivity index (χ2n) is 3.62. The lowest BCUT2D eigenvalue weighted by Gasteiger charge is -1.96. The van der Waals surface area contributed by atoms with Gasteiger partial charge in [0, 0.05) is 6.54 Å². The van der Waals surface area contributed by atoms with Crippen LogP contribution in [0.3, 0.4) is 0 Å². The second kappa shape index (κ2) is 7.23. The van der Waals surface area contributed by atoms with Crippen molar-refractivity contribution in [3.05, 3.63) is 21.3 Å². The van der Waals surface area contributed by atoms with Crippen LogP contribution >= 0.6 is 46.0 Å². The summed E-state index contributed by atoms with van der Waals surface area (Å²) < 4.78 is 1.44. The number of thiophene rings is 1. The van der Waals surface area contributed by atoms with Gasteiger partial charge in [-0.25, -0.2) is 0 Å². The summed E-state index contributed by atoms with van der Waals surface area (Å²) in [6.07, 6.45) is 1.04. The number of rotatable bonds is 7. The fourth-order valence-corrected chi connectivity index (χ4v) is 3.97. The Morgan fingerprint density at radius 3 is 2.95 bits per heavy atom. The number of halogens is 1. The molecule has 0 saturated heterocycles. The van der Waals surface area contributed by atoms with E-state index in [1.54, 1.807) is 12.1 Å². The average Bonchev–Trinajstić information content (AvgIpc) is 3.02. The van der Waals surface area contributed by atoms with Crippen molar-refractivity contribution in [1.29, 1.82) is 0 Å². The molecule has 8 heteroatoms. The first kappa shape index (κ1) is 14.8. The molecule has 0 atom stereocenters. The average molecular weight is 334 g/mol. The largest absolute Gasteiger partial charge is 0.360 e. The van der Waals surface area contributed by atoms with Crippen molar-refractivity contribution in [3.8, 4) is 0 Å². The van der Waals surface area contributed by atoms with Crippen LogP contribution in [0.15, 0.2) is 16.5 Å². The zero-order chi connectivity index (χ0) is 13.7. The van der Waals surface area contributed by atoms with E-state index in [0.29, 0.717) is 15.0 Å². The van der Waals surface area contributed by atoms with Crippen LogP contribution in [0.4, 0.5) is 5.13 Å². The van der Waals surface area contributed by atoms with E-state index in [0.717, 1.165) is 22.4 Å². The highest BCUT2D eigenvalue weighted by molar-refractivity contribution is 8.01. The molecule has 0 aromatic carbocycles. The SMILES string of the molecule is CCCNc1nnc(SCC(=O)c2ccc(Cl)s2)s1. The first-order chi connectivity index (χ1) is 9.19. The smallest absolute Gasteiger partial charge is 0.206 e. The van der Waals surface area contributed by atoms with E-state index >= 15 is 0 Å². The van der Waals surface area contributed by atoms with E-state index in [1.807, 2.05) is 0 Å². The summed E-state index contributed by atoms with van der Waals surface area (Å²) in [5.74, 6) is 0.430. The maximum atomic E-state index is 11.9.